The van der Waals surface area contributed by atoms with Crippen molar-refractivity contribution in [3.8, 4) is 39.9 Å². The molecule has 5 nitrogen and oxygen atoms in total. The molecule has 0 saturated heterocycles. The van der Waals surface area contributed by atoms with Crippen molar-refractivity contribution < 1.29 is 23.7 Å². The topological polar surface area (TPSA) is 46.2 Å². The standard InChI is InChI=1S/C49H50O5P2/c1-11-50-41-25-43(56(39-20-32(6)14-33(7)21-39)40-22-34(8)15-35(9)23-40)45(49-47(41)52-27-54-49)44-42(24-36(10)46-48(44)53-26-51-46)55(37-16-28(2)12-29(3)17-37)38-18-30(4)13-31(5)19-38/h12-25H,11,26-27H2,1-10H3. The first-order chi connectivity index (χ1) is 26.9. The fourth-order valence-corrected chi connectivity index (χ4v) is 14.3. The molecule has 6 aromatic rings. The van der Waals surface area contributed by atoms with Gasteiger partial charge in [-0.3, -0.25) is 0 Å². The van der Waals surface area contributed by atoms with Gasteiger partial charge >= 0.3 is 0 Å². The van der Waals surface area contributed by atoms with Crippen LogP contribution < -0.4 is 55.5 Å². The lowest BCUT2D eigenvalue weighted by atomic mass is 9.99. The Kier molecular flexibility index (Phi) is 10.4. The van der Waals surface area contributed by atoms with E-state index in [9.17, 15) is 0 Å². The van der Waals surface area contributed by atoms with E-state index >= 15 is 0 Å². The number of hydrogen-bond donors (Lipinski definition) is 0. The summed E-state index contributed by atoms with van der Waals surface area (Å²) in [7, 11) is -2.28. The highest BCUT2D eigenvalue weighted by molar-refractivity contribution is 7.80. The summed E-state index contributed by atoms with van der Waals surface area (Å²) in [6.45, 7) is 22.4. The van der Waals surface area contributed by atoms with Crippen LogP contribution in [-0.4, -0.2) is 20.2 Å². The average Bonchev–Trinajstić information content (AvgIpc) is 3.80. The van der Waals surface area contributed by atoms with E-state index in [1.165, 1.54) is 71.0 Å². The van der Waals surface area contributed by atoms with Crippen LogP contribution in [0.2, 0.25) is 0 Å². The highest BCUT2D eigenvalue weighted by atomic mass is 31.1. The Labute approximate surface area is 334 Å². The third kappa shape index (κ3) is 7.17. The zero-order chi connectivity index (χ0) is 39.4. The molecule has 0 spiro atoms. The first kappa shape index (κ1) is 38.1. The summed E-state index contributed by atoms with van der Waals surface area (Å²) in [6, 6.07) is 32.4. The number of benzene rings is 6. The van der Waals surface area contributed by atoms with Gasteiger partial charge in [0.2, 0.25) is 19.3 Å². The Hall–Kier alpha value is -4.82. The van der Waals surface area contributed by atoms with Gasteiger partial charge in [0.1, 0.15) is 0 Å². The molecule has 0 aromatic heterocycles. The Morgan fingerprint density at radius 3 is 1.11 bits per heavy atom. The van der Waals surface area contributed by atoms with Crippen molar-refractivity contribution >= 4 is 47.7 Å². The monoisotopic (exact) mass is 780 g/mol. The molecule has 0 radical (unpaired) electrons. The molecule has 56 heavy (non-hydrogen) atoms. The average molecular weight is 781 g/mol. The summed E-state index contributed by atoms with van der Waals surface area (Å²) in [5.41, 5.74) is 12.9. The summed E-state index contributed by atoms with van der Waals surface area (Å²) in [6.07, 6.45) is 0. The lowest BCUT2D eigenvalue weighted by Gasteiger charge is -2.29. The van der Waals surface area contributed by atoms with Gasteiger partial charge in [-0.2, -0.15) is 0 Å². The SMILES string of the molecule is CCOc1cc(P(c2cc(C)cc(C)c2)c2cc(C)cc(C)c2)c(-c2c(P(c3cc(C)cc(C)c3)c3cc(C)cc(C)c3)cc(C)c3c2OCO3)c2c1OCO2. The minimum absolute atomic E-state index is 0.0978. The molecule has 286 valence electrons. The van der Waals surface area contributed by atoms with Crippen LogP contribution in [-0.2, 0) is 0 Å². The third-order valence-corrected chi connectivity index (χ3v) is 15.1. The van der Waals surface area contributed by atoms with Crippen molar-refractivity contribution in [3.63, 3.8) is 0 Å². The molecule has 0 saturated carbocycles. The van der Waals surface area contributed by atoms with Crippen molar-refractivity contribution in [3.05, 3.63) is 135 Å². The highest BCUT2D eigenvalue weighted by Gasteiger charge is 2.38. The molecular formula is C49H50O5P2. The molecule has 2 aliphatic rings. The molecule has 0 aliphatic carbocycles. The zero-order valence-corrected chi connectivity index (χ0v) is 35.9. The van der Waals surface area contributed by atoms with Crippen molar-refractivity contribution in [1.82, 2.24) is 0 Å². The van der Waals surface area contributed by atoms with E-state index in [0.717, 1.165) is 33.5 Å². The number of fused-ring (bicyclic) bond motifs is 2. The fourth-order valence-electron chi connectivity index (χ4n) is 8.51. The van der Waals surface area contributed by atoms with Gasteiger partial charge < -0.3 is 23.7 Å². The van der Waals surface area contributed by atoms with Crippen LogP contribution in [0.15, 0.2) is 84.9 Å². The molecule has 0 fully saturated rings. The summed E-state index contributed by atoms with van der Waals surface area (Å²) >= 11 is 0. The molecule has 8 rings (SSSR count). The summed E-state index contributed by atoms with van der Waals surface area (Å²) < 4.78 is 32.4. The van der Waals surface area contributed by atoms with Crippen LogP contribution in [0.1, 0.15) is 57.0 Å². The molecule has 7 heteroatoms. The van der Waals surface area contributed by atoms with E-state index in [2.05, 4.69) is 147 Å². The van der Waals surface area contributed by atoms with E-state index in [4.69, 9.17) is 23.7 Å². The molecule has 0 atom stereocenters. The first-order valence-electron chi connectivity index (χ1n) is 19.3. The molecule has 0 unspecified atom stereocenters. The van der Waals surface area contributed by atoms with Crippen LogP contribution in [0.25, 0.3) is 11.1 Å². The van der Waals surface area contributed by atoms with E-state index in [-0.39, 0.29) is 13.6 Å². The van der Waals surface area contributed by atoms with Gasteiger partial charge in [0.15, 0.2) is 23.0 Å². The van der Waals surface area contributed by atoms with Gasteiger partial charge in [-0.05, 0) is 129 Å². The summed E-state index contributed by atoms with van der Waals surface area (Å²) in [4.78, 5) is 0. The van der Waals surface area contributed by atoms with Crippen LogP contribution >= 0.6 is 15.8 Å². The molecule has 0 bridgehead atoms. The molecule has 2 aliphatic heterocycles. The predicted octanol–water partition coefficient (Wildman–Crippen LogP) is 9.50. The molecule has 6 aromatic carbocycles. The Bertz CT molecular complexity index is 2340. The largest absolute Gasteiger partial charge is 0.490 e. The minimum atomic E-state index is -1.17. The van der Waals surface area contributed by atoms with Crippen LogP contribution in [0.4, 0.5) is 0 Å². The van der Waals surface area contributed by atoms with E-state index in [0.29, 0.717) is 23.9 Å². The number of aryl methyl sites for hydroxylation is 9. The normalized spacial score (nSPS) is 12.9. The van der Waals surface area contributed by atoms with E-state index < -0.39 is 15.8 Å². The van der Waals surface area contributed by atoms with Gasteiger partial charge in [0.05, 0.1) is 6.61 Å². The fraction of sp³-hybridized carbons (Fsp3) is 0.265. The molecular weight excluding hydrogens is 730 g/mol. The number of rotatable bonds is 9. The third-order valence-electron chi connectivity index (χ3n) is 10.3. The van der Waals surface area contributed by atoms with Crippen molar-refractivity contribution in [2.24, 2.45) is 0 Å². The van der Waals surface area contributed by atoms with Crippen LogP contribution in [0, 0.1) is 62.3 Å². The summed E-state index contributed by atoms with van der Waals surface area (Å²) in [5, 5.41) is 7.41. The lowest BCUT2D eigenvalue weighted by Crippen LogP contribution is -2.27. The number of ether oxygens (including phenoxy) is 5. The zero-order valence-electron chi connectivity index (χ0n) is 34.1. The molecule has 0 N–H and O–H groups in total. The predicted molar refractivity (Wildman–Crippen MR) is 235 cm³/mol. The Morgan fingerprint density at radius 2 is 0.732 bits per heavy atom. The maximum absolute atomic E-state index is 6.66. The van der Waals surface area contributed by atoms with Crippen LogP contribution in [0.5, 0.6) is 28.7 Å². The van der Waals surface area contributed by atoms with Gasteiger partial charge in [0, 0.05) is 16.4 Å². The van der Waals surface area contributed by atoms with Crippen molar-refractivity contribution in [2.45, 2.75) is 69.2 Å². The highest BCUT2D eigenvalue weighted by Crippen LogP contribution is 2.56. The Morgan fingerprint density at radius 1 is 0.411 bits per heavy atom. The van der Waals surface area contributed by atoms with Gasteiger partial charge in [-0.1, -0.05) is 117 Å². The lowest BCUT2D eigenvalue weighted by molar-refractivity contribution is 0.170. The first-order valence-corrected chi connectivity index (χ1v) is 22.0. The van der Waals surface area contributed by atoms with Gasteiger partial charge in [-0.25, -0.2) is 0 Å². The van der Waals surface area contributed by atoms with Gasteiger partial charge in [0.25, 0.3) is 0 Å². The maximum Gasteiger partial charge on any atom is 0.231 e. The number of hydrogen-bond acceptors (Lipinski definition) is 5. The smallest absolute Gasteiger partial charge is 0.231 e. The van der Waals surface area contributed by atoms with E-state index in [1.54, 1.807) is 0 Å². The molecule has 0 amide bonds. The maximum atomic E-state index is 6.66. The molecule has 2 heterocycles. The quantitative estimate of drug-likeness (QED) is 0.137. The van der Waals surface area contributed by atoms with Crippen LogP contribution in [0.3, 0.4) is 0 Å². The second-order valence-electron chi connectivity index (χ2n) is 15.5. The summed E-state index contributed by atoms with van der Waals surface area (Å²) in [5.74, 6) is 3.52. The second-order valence-corrected chi connectivity index (χ2v) is 19.8. The second kappa shape index (κ2) is 15.3. The van der Waals surface area contributed by atoms with Crippen molar-refractivity contribution in [1.29, 1.82) is 0 Å². The van der Waals surface area contributed by atoms with Crippen molar-refractivity contribution in [2.75, 3.05) is 20.2 Å². The Balaban J connectivity index is 1.55. The minimum Gasteiger partial charge on any atom is -0.490 e. The van der Waals surface area contributed by atoms with Gasteiger partial charge in [-0.15, -0.1) is 0 Å². The van der Waals surface area contributed by atoms with E-state index in [1.807, 2.05) is 6.92 Å².